The Labute approximate surface area is 208 Å². The lowest BCUT2D eigenvalue weighted by Gasteiger charge is -2.31. The van der Waals surface area contributed by atoms with Gasteiger partial charge in [-0.05, 0) is 56.4 Å². The van der Waals surface area contributed by atoms with Crippen LogP contribution in [-0.4, -0.2) is 41.4 Å². The Balaban J connectivity index is 1.97. The third kappa shape index (κ3) is 6.61. The zero-order valence-electron chi connectivity index (χ0n) is 20.8. The van der Waals surface area contributed by atoms with Crippen LogP contribution in [0.15, 0.2) is 48.8 Å². The first-order valence-corrected chi connectivity index (χ1v) is 11.1. The van der Waals surface area contributed by atoms with Crippen molar-refractivity contribution in [3.63, 3.8) is 0 Å². The van der Waals surface area contributed by atoms with Crippen LogP contribution in [0.1, 0.15) is 52.0 Å². The van der Waals surface area contributed by atoms with E-state index >= 15 is 0 Å². The number of carbonyl (C=O) groups excluding carboxylic acids is 1. The van der Waals surface area contributed by atoms with Crippen molar-refractivity contribution in [2.75, 3.05) is 31.7 Å². The van der Waals surface area contributed by atoms with Crippen molar-refractivity contribution >= 4 is 17.5 Å². The molecule has 0 fully saturated rings. The van der Waals surface area contributed by atoms with E-state index in [1.54, 1.807) is 18.2 Å². The topological polar surface area (TPSA) is 84.1 Å². The summed E-state index contributed by atoms with van der Waals surface area (Å²) in [5.74, 6) is 5.52. The number of nitrogens with zero attached hydrogens (tertiary/aromatic N) is 3. The fourth-order valence-electron chi connectivity index (χ4n) is 3.92. The zero-order valence-corrected chi connectivity index (χ0v) is 20.8. The molecule has 0 aliphatic carbocycles. The van der Waals surface area contributed by atoms with Crippen LogP contribution >= 0.6 is 0 Å². The number of hydrogen-bond acceptors (Lipinski definition) is 5. The molecule has 2 aromatic carbocycles. The van der Waals surface area contributed by atoms with Gasteiger partial charge in [0.2, 0.25) is 5.95 Å². The number of anilines is 2. The van der Waals surface area contributed by atoms with Crippen molar-refractivity contribution in [3.05, 3.63) is 82.2 Å². The van der Waals surface area contributed by atoms with Crippen molar-refractivity contribution in [1.29, 1.82) is 0 Å². The summed E-state index contributed by atoms with van der Waals surface area (Å²) in [5, 5.41) is 2.71. The fraction of sp³-hybridized carbons (Fsp3) is 0.296. The maximum Gasteiger partial charge on any atom is 0.416 e. The van der Waals surface area contributed by atoms with Gasteiger partial charge in [0.05, 0.1) is 11.1 Å². The lowest BCUT2D eigenvalue weighted by molar-refractivity contribution is -0.137. The molecule has 0 atom stereocenters. The number of likely N-dealkylation sites (N-methyl/N-ethyl adjacent to an activating group) is 1. The number of halogens is 3. The van der Waals surface area contributed by atoms with Crippen LogP contribution < -0.4 is 11.1 Å². The highest BCUT2D eigenvalue weighted by Gasteiger charge is 2.33. The van der Waals surface area contributed by atoms with Crippen LogP contribution in [0.25, 0.3) is 0 Å². The van der Waals surface area contributed by atoms with Gasteiger partial charge in [0.1, 0.15) is 0 Å². The number of aromatic nitrogens is 2. The Bertz CT molecular complexity index is 1320. The van der Waals surface area contributed by atoms with Gasteiger partial charge in [0.15, 0.2) is 0 Å². The average Bonchev–Trinajstić information content (AvgIpc) is 2.78. The number of nitrogen functional groups attached to an aromatic ring is 1. The van der Waals surface area contributed by atoms with Crippen molar-refractivity contribution in [3.8, 4) is 11.8 Å². The third-order valence-corrected chi connectivity index (χ3v) is 5.55. The molecule has 0 bridgehead atoms. The summed E-state index contributed by atoms with van der Waals surface area (Å²) in [7, 11) is 3.77. The summed E-state index contributed by atoms with van der Waals surface area (Å²) in [6.07, 6.45) is -1.56. The number of aryl methyl sites for hydroxylation is 1. The van der Waals surface area contributed by atoms with E-state index in [0.29, 0.717) is 23.2 Å². The van der Waals surface area contributed by atoms with Crippen molar-refractivity contribution < 1.29 is 18.0 Å². The molecule has 3 N–H and O–H groups in total. The molecule has 188 valence electrons. The van der Waals surface area contributed by atoms with Gasteiger partial charge >= 0.3 is 6.18 Å². The van der Waals surface area contributed by atoms with Crippen molar-refractivity contribution in [1.82, 2.24) is 14.9 Å². The van der Waals surface area contributed by atoms with Gasteiger partial charge in [-0.25, -0.2) is 9.97 Å². The van der Waals surface area contributed by atoms with Crippen LogP contribution in [0.2, 0.25) is 0 Å². The van der Waals surface area contributed by atoms with Crippen molar-refractivity contribution in [2.24, 2.45) is 0 Å². The summed E-state index contributed by atoms with van der Waals surface area (Å²) in [6.45, 7) is 6.26. The molecule has 36 heavy (non-hydrogen) atoms. The maximum absolute atomic E-state index is 13.5. The quantitative estimate of drug-likeness (QED) is 0.493. The smallest absolute Gasteiger partial charge is 0.368 e. The molecular formula is C27H28F3N5O. The molecule has 3 aromatic rings. The van der Waals surface area contributed by atoms with Crippen LogP contribution in [0.4, 0.5) is 24.8 Å². The van der Waals surface area contributed by atoms with E-state index in [-0.39, 0.29) is 17.2 Å². The van der Waals surface area contributed by atoms with E-state index < -0.39 is 23.1 Å². The molecule has 6 nitrogen and oxygen atoms in total. The molecule has 0 unspecified atom stereocenters. The molecule has 0 radical (unpaired) electrons. The second kappa shape index (κ2) is 10.4. The van der Waals surface area contributed by atoms with E-state index in [0.717, 1.165) is 17.7 Å². The third-order valence-electron chi connectivity index (χ3n) is 5.55. The summed E-state index contributed by atoms with van der Waals surface area (Å²) in [6, 6.07) is 8.42. The van der Waals surface area contributed by atoms with Gasteiger partial charge in [-0.2, -0.15) is 13.2 Å². The Kier molecular flexibility index (Phi) is 7.70. The molecule has 0 saturated carbocycles. The number of rotatable bonds is 5. The molecular weight excluding hydrogens is 467 g/mol. The van der Waals surface area contributed by atoms with Crippen LogP contribution in [-0.2, 0) is 11.6 Å². The zero-order chi connectivity index (χ0) is 26.7. The van der Waals surface area contributed by atoms with Crippen LogP contribution in [0.3, 0.4) is 0 Å². The fourth-order valence-corrected chi connectivity index (χ4v) is 3.92. The van der Waals surface area contributed by atoms with Gasteiger partial charge in [-0.1, -0.05) is 37.8 Å². The van der Waals surface area contributed by atoms with Gasteiger partial charge < -0.3 is 16.0 Å². The van der Waals surface area contributed by atoms with Crippen molar-refractivity contribution in [2.45, 2.75) is 32.4 Å². The van der Waals surface area contributed by atoms with Gasteiger partial charge in [-0.3, -0.25) is 4.79 Å². The molecule has 0 spiro atoms. The van der Waals surface area contributed by atoms with Gasteiger partial charge in [-0.15, -0.1) is 0 Å². The first-order chi connectivity index (χ1) is 16.8. The van der Waals surface area contributed by atoms with Crippen LogP contribution in [0.5, 0.6) is 0 Å². The molecule has 1 heterocycles. The summed E-state index contributed by atoms with van der Waals surface area (Å²) >= 11 is 0. The number of hydrogen-bond donors (Lipinski definition) is 2. The van der Waals surface area contributed by atoms with Crippen LogP contribution in [0, 0.1) is 18.8 Å². The number of nitrogens with two attached hydrogens (primary N) is 1. The minimum atomic E-state index is -4.54. The standard InChI is InChI=1S/C27H28F3N5O/c1-17-6-8-20(12-19(17)9-7-18-14-32-25(31)33-15-18)24(36)34-23-13-21(27(28,29)30)10-11-22(23)26(2,3)16-35(4)5/h6,8,10-15H,16H2,1-5H3,(H,34,36)(H2,31,32,33). The van der Waals surface area contributed by atoms with Gasteiger partial charge in [0, 0.05) is 41.2 Å². The average molecular weight is 496 g/mol. The summed E-state index contributed by atoms with van der Waals surface area (Å²) in [5.41, 5.74) is 7.11. The SMILES string of the molecule is Cc1ccc(C(=O)Nc2cc(C(F)(F)F)ccc2C(C)(C)CN(C)C)cc1C#Cc1cnc(N)nc1. The van der Waals surface area contributed by atoms with E-state index in [1.165, 1.54) is 18.5 Å². The Morgan fingerprint density at radius 1 is 1.06 bits per heavy atom. The number of carbonyl (C=O) groups is 1. The lowest BCUT2D eigenvalue weighted by Crippen LogP contribution is -2.33. The van der Waals surface area contributed by atoms with E-state index in [9.17, 15) is 18.0 Å². The Morgan fingerprint density at radius 2 is 1.72 bits per heavy atom. The maximum atomic E-state index is 13.5. The highest BCUT2D eigenvalue weighted by atomic mass is 19.4. The van der Waals surface area contributed by atoms with E-state index in [4.69, 9.17) is 5.73 Å². The highest BCUT2D eigenvalue weighted by molar-refractivity contribution is 6.05. The minimum Gasteiger partial charge on any atom is -0.368 e. The highest BCUT2D eigenvalue weighted by Crippen LogP contribution is 2.37. The Hall–Kier alpha value is -3.90. The Morgan fingerprint density at radius 3 is 2.33 bits per heavy atom. The largest absolute Gasteiger partial charge is 0.416 e. The first-order valence-electron chi connectivity index (χ1n) is 11.1. The first kappa shape index (κ1) is 26.7. The summed E-state index contributed by atoms with van der Waals surface area (Å²) in [4.78, 5) is 22.9. The minimum absolute atomic E-state index is 0.119. The number of amides is 1. The normalized spacial score (nSPS) is 11.7. The number of alkyl halides is 3. The second-order valence-corrected chi connectivity index (χ2v) is 9.44. The molecule has 1 aromatic heterocycles. The van der Waals surface area contributed by atoms with E-state index in [1.807, 2.05) is 39.8 Å². The number of nitrogens with one attached hydrogen (secondary N) is 1. The summed E-state index contributed by atoms with van der Waals surface area (Å²) < 4.78 is 40.4. The molecule has 1 amide bonds. The predicted octanol–water partition coefficient (Wildman–Crippen LogP) is 4.88. The lowest BCUT2D eigenvalue weighted by atomic mass is 9.82. The van der Waals surface area contributed by atoms with E-state index in [2.05, 4.69) is 27.1 Å². The molecule has 0 saturated heterocycles. The second-order valence-electron chi connectivity index (χ2n) is 9.44. The molecule has 9 heteroatoms. The number of benzene rings is 2. The molecule has 0 aliphatic rings. The monoisotopic (exact) mass is 495 g/mol. The predicted molar refractivity (Wildman–Crippen MR) is 135 cm³/mol. The molecule has 0 aliphatic heterocycles. The van der Waals surface area contributed by atoms with Gasteiger partial charge in [0.25, 0.3) is 5.91 Å². The molecule has 3 rings (SSSR count).